The number of pyridine rings is 1. The molecule has 2 heterocycles. The summed E-state index contributed by atoms with van der Waals surface area (Å²) < 4.78 is 0. The fraction of sp³-hybridized carbons (Fsp3) is 0.385. The van der Waals surface area contributed by atoms with Crippen LogP contribution in [0.25, 0.3) is 11.0 Å². The number of nitrogens with zero attached hydrogens (tertiary/aromatic N) is 1. The van der Waals surface area contributed by atoms with Crippen molar-refractivity contribution in [1.82, 2.24) is 15.3 Å². The molecule has 0 fully saturated rings. The van der Waals surface area contributed by atoms with Gasteiger partial charge in [-0.1, -0.05) is 6.92 Å². The molecule has 4 nitrogen and oxygen atoms in total. The summed E-state index contributed by atoms with van der Waals surface area (Å²) in [5.41, 5.74) is 1.83. The number of carbonyl (C=O) groups excluding carboxylic acids is 1. The van der Waals surface area contributed by atoms with Crippen LogP contribution in [0.15, 0.2) is 24.5 Å². The van der Waals surface area contributed by atoms with Crippen LogP contribution in [0.3, 0.4) is 0 Å². The van der Waals surface area contributed by atoms with Crippen molar-refractivity contribution in [3.8, 4) is 0 Å². The first-order chi connectivity index (χ1) is 8.20. The summed E-state index contributed by atoms with van der Waals surface area (Å²) in [5.74, 6) is 0.0594. The standard InChI is InChI=1S/C13H17N3O/c1-3-9(2)16-12(17)7-10-8-15-13-11(10)5-4-6-14-13/h4-6,8-9H,3,7H2,1-2H3,(H,14,15)(H,16,17)/t9-/m1/s1. The highest BCUT2D eigenvalue weighted by molar-refractivity contribution is 5.87. The molecule has 0 saturated carbocycles. The summed E-state index contributed by atoms with van der Waals surface area (Å²) in [4.78, 5) is 19.0. The molecule has 2 aromatic rings. The number of rotatable bonds is 4. The maximum atomic E-state index is 11.8. The molecule has 2 aromatic heterocycles. The van der Waals surface area contributed by atoms with Crippen molar-refractivity contribution in [3.63, 3.8) is 0 Å². The van der Waals surface area contributed by atoms with Crippen LogP contribution in [0.4, 0.5) is 0 Å². The van der Waals surface area contributed by atoms with Gasteiger partial charge in [-0.3, -0.25) is 4.79 Å². The zero-order chi connectivity index (χ0) is 12.3. The molecule has 17 heavy (non-hydrogen) atoms. The molecular weight excluding hydrogens is 214 g/mol. The third-order valence-corrected chi connectivity index (χ3v) is 2.91. The Morgan fingerprint density at radius 3 is 3.18 bits per heavy atom. The van der Waals surface area contributed by atoms with Gasteiger partial charge in [-0.2, -0.15) is 0 Å². The maximum absolute atomic E-state index is 11.8. The first-order valence-corrected chi connectivity index (χ1v) is 5.91. The minimum atomic E-state index is 0.0594. The van der Waals surface area contributed by atoms with Crippen molar-refractivity contribution in [3.05, 3.63) is 30.1 Å². The van der Waals surface area contributed by atoms with Gasteiger partial charge in [0.25, 0.3) is 0 Å². The number of nitrogens with one attached hydrogen (secondary N) is 2. The molecule has 0 aliphatic rings. The van der Waals surface area contributed by atoms with Crippen LogP contribution in [-0.2, 0) is 11.2 Å². The Balaban J connectivity index is 2.11. The van der Waals surface area contributed by atoms with E-state index in [1.807, 2.05) is 25.3 Å². The average Bonchev–Trinajstić information content (AvgIpc) is 2.72. The Morgan fingerprint density at radius 1 is 1.59 bits per heavy atom. The third kappa shape index (κ3) is 2.64. The highest BCUT2D eigenvalue weighted by Gasteiger charge is 2.10. The largest absolute Gasteiger partial charge is 0.353 e. The number of aromatic amines is 1. The van der Waals surface area contributed by atoms with Crippen LogP contribution in [0.5, 0.6) is 0 Å². The molecule has 1 atom stereocenters. The molecule has 0 spiro atoms. The lowest BCUT2D eigenvalue weighted by molar-refractivity contribution is -0.121. The Morgan fingerprint density at radius 2 is 2.41 bits per heavy atom. The first-order valence-electron chi connectivity index (χ1n) is 5.91. The van der Waals surface area contributed by atoms with Crippen molar-refractivity contribution in [1.29, 1.82) is 0 Å². The predicted molar refractivity (Wildman–Crippen MR) is 67.7 cm³/mol. The maximum Gasteiger partial charge on any atom is 0.224 e. The van der Waals surface area contributed by atoms with Crippen molar-refractivity contribution in [2.75, 3.05) is 0 Å². The van der Waals surface area contributed by atoms with E-state index in [9.17, 15) is 4.79 Å². The molecule has 0 aromatic carbocycles. The first kappa shape index (κ1) is 11.6. The lowest BCUT2D eigenvalue weighted by Crippen LogP contribution is -2.33. The quantitative estimate of drug-likeness (QED) is 0.845. The monoisotopic (exact) mass is 231 g/mol. The fourth-order valence-electron chi connectivity index (χ4n) is 1.76. The van der Waals surface area contributed by atoms with E-state index < -0.39 is 0 Å². The van der Waals surface area contributed by atoms with Gasteiger partial charge >= 0.3 is 0 Å². The van der Waals surface area contributed by atoms with Crippen LogP contribution in [-0.4, -0.2) is 21.9 Å². The fourth-order valence-corrected chi connectivity index (χ4v) is 1.76. The van der Waals surface area contributed by atoms with Crippen LogP contribution in [0.2, 0.25) is 0 Å². The van der Waals surface area contributed by atoms with E-state index in [-0.39, 0.29) is 11.9 Å². The SMILES string of the molecule is CC[C@@H](C)NC(=O)Cc1c[nH]c2ncccc12. The molecule has 1 amide bonds. The second-order valence-corrected chi connectivity index (χ2v) is 4.27. The van der Waals surface area contributed by atoms with E-state index in [0.29, 0.717) is 6.42 Å². The topological polar surface area (TPSA) is 57.8 Å². The molecule has 2 N–H and O–H groups in total. The van der Waals surface area contributed by atoms with Crippen LogP contribution >= 0.6 is 0 Å². The summed E-state index contributed by atoms with van der Waals surface area (Å²) in [7, 11) is 0. The van der Waals surface area contributed by atoms with Gasteiger partial charge in [0.2, 0.25) is 5.91 Å². The van der Waals surface area contributed by atoms with Crippen LogP contribution < -0.4 is 5.32 Å². The smallest absolute Gasteiger partial charge is 0.224 e. The Labute approximate surface area is 100 Å². The number of carbonyl (C=O) groups is 1. The summed E-state index contributed by atoms with van der Waals surface area (Å²) in [6.45, 7) is 4.06. The van der Waals surface area contributed by atoms with E-state index in [1.54, 1.807) is 6.20 Å². The number of hydrogen-bond acceptors (Lipinski definition) is 2. The van der Waals surface area contributed by atoms with Gasteiger partial charge in [0.1, 0.15) is 5.65 Å². The number of fused-ring (bicyclic) bond motifs is 1. The van der Waals surface area contributed by atoms with Gasteiger partial charge in [-0.25, -0.2) is 4.98 Å². The highest BCUT2D eigenvalue weighted by Crippen LogP contribution is 2.15. The minimum Gasteiger partial charge on any atom is -0.353 e. The molecule has 0 radical (unpaired) electrons. The number of H-pyrrole nitrogens is 1. The van der Waals surface area contributed by atoms with E-state index in [0.717, 1.165) is 23.0 Å². The zero-order valence-corrected chi connectivity index (χ0v) is 10.2. The Hall–Kier alpha value is -1.84. The second-order valence-electron chi connectivity index (χ2n) is 4.27. The molecule has 2 rings (SSSR count). The molecule has 0 unspecified atom stereocenters. The van der Waals surface area contributed by atoms with Gasteiger partial charge < -0.3 is 10.3 Å². The lowest BCUT2D eigenvalue weighted by Gasteiger charge is -2.10. The van der Waals surface area contributed by atoms with Crippen LogP contribution in [0, 0.1) is 0 Å². The summed E-state index contributed by atoms with van der Waals surface area (Å²) in [6, 6.07) is 4.09. The van der Waals surface area contributed by atoms with Gasteiger partial charge in [0, 0.05) is 23.8 Å². The predicted octanol–water partition coefficient (Wildman–Crippen LogP) is 2.02. The molecular formula is C13H17N3O. The van der Waals surface area contributed by atoms with Crippen molar-refractivity contribution in [2.45, 2.75) is 32.7 Å². The van der Waals surface area contributed by atoms with Crippen molar-refractivity contribution < 1.29 is 4.79 Å². The van der Waals surface area contributed by atoms with Crippen LogP contribution in [0.1, 0.15) is 25.8 Å². The molecule has 0 saturated heterocycles. The highest BCUT2D eigenvalue weighted by atomic mass is 16.1. The molecule has 0 aliphatic heterocycles. The summed E-state index contributed by atoms with van der Waals surface area (Å²) in [6.07, 6.45) is 4.94. The molecule has 0 bridgehead atoms. The van der Waals surface area contributed by atoms with Gasteiger partial charge in [0.05, 0.1) is 6.42 Å². The summed E-state index contributed by atoms with van der Waals surface area (Å²) >= 11 is 0. The molecule has 4 heteroatoms. The second kappa shape index (κ2) is 4.99. The van der Waals surface area contributed by atoms with E-state index in [2.05, 4.69) is 22.2 Å². The van der Waals surface area contributed by atoms with Gasteiger partial charge in [-0.15, -0.1) is 0 Å². The Bertz CT molecular complexity index is 518. The van der Waals surface area contributed by atoms with Gasteiger partial charge in [0.15, 0.2) is 0 Å². The van der Waals surface area contributed by atoms with Crippen molar-refractivity contribution >= 4 is 16.9 Å². The minimum absolute atomic E-state index is 0.0594. The van der Waals surface area contributed by atoms with Gasteiger partial charge in [-0.05, 0) is 31.0 Å². The summed E-state index contributed by atoms with van der Waals surface area (Å²) in [5, 5.41) is 3.98. The molecule has 90 valence electrons. The van der Waals surface area contributed by atoms with Crippen molar-refractivity contribution in [2.24, 2.45) is 0 Å². The van der Waals surface area contributed by atoms with E-state index >= 15 is 0 Å². The number of hydrogen-bond donors (Lipinski definition) is 2. The normalized spacial score (nSPS) is 12.6. The van der Waals surface area contributed by atoms with E-state index in [1.165, 1.54) is 0 Å². The zero-order valence-electron chi connectivity index (χ0n) is 10.2. The number of amides is 1. The Kier molecular flexibility index (Phi) is 3.42. The number of aromatic nitrogens is 2. The average molecular weight is 231 g/mol. The lowest BCUT2D eigenvalue weighted by atomic mass is 10.1. The third-order valence-electron chi connectivity index (χ3n) is 2.91. The molecule has 0 aliphatic carbocycles. The van der Waals surface area contributed by atoms with E-state index in [4.69, 9.17) is 0 Å².